The van der Waals surface area contributed by atoms with Crippen molar-refractivity contribution in [2.45, 2.75) is 37.2 Å². The molecule has 1 fully saturated rings. The lowest BCUT2D eigenvalue weighted by Crippen LogP contribution is -2.48. The summed E-state index contributed by atoms with van der Waals surface area (Å²) in [6, 6.07) is 8.45. The Morgan fingerprint density at radius 3 is 2.33 bits per heavy atom. The molecule has 0 aliphatic carbocycles. The molecule has 0 bridgehead atoms. The van der Waals surface area contributed by atoms with Crippen molar-refractivity contribution in [1.29, 1.82) is 0 Å². The number of sulfonamides is 2. The highest BCUT2D eigenvalue weighted by molar-refractivity contribution is 7.93. The van der Waals surface area contributed by atoms with Crippen LogP contribution in [0.2, 0.25) is 0 Å². The van der Waals surface area contributed by atoms with E-state index in [1.165, 1.54) is 29.4 Å². The van der Waals surface area contributed by atoms with Gasteiger partial charge in [-0.1, -0.05) is 6.07 Å². The zero-order valence-corrected chi connectivity index (χ0v) is 22.0. The van der Waals surface area contributed by atoms with Gasteiger partial charge >= 0.3 is 0 Å². The van der Waals surface area contributed by atoms with E-state index < -0.39 is 30.5 Å². The molecule has 14 heteroatoms. The van der Waals surface area contributed by atoms with Gasteiger partial charge in [-0.3, -0.25) is 9.29 Å². The highest BCUT2D eigenvalue weighted by Crippen LogP contribution is 2.38. The van der Waals surface area contributed by atoms with Gasteiger partial charge in [0.15, 0.2) is 5.76 Å². The van der Waals surface area contributed by atoms with Gasteiger partial charge in [-0.15, -0.1) is 10.2 Å². The van der Waals surface area contributed by atoms with Crippen LogP contribution >= 0.6 is 0 Å². The van der Waals surface area contributed by atoms with Gasteiger partial charge in [0, 0.05) is 13.1 Å². The van der Waals surface area contributed by atoms with E-state index in [1.54, 1.807) is 44.2 Å². The third-order valence-corrected chi connectivity index (χ3v) is 9.97. The number of para-hydroxylation sites is 1. The molecule has 4 rings (SSSR count). The molecule has 1 unspecified atom stereocenters. The van der Waals surface area contributed by atoms with Crippen molar-refractivity contribution in [1.82, 2.24) is 19.1 Å². The number of rotatable bonds is 9. The summed E-state index contributed by atoms with van der Waals surface area (Å²) in [6.07, 6.45) is 2.18. The van der Waals surface area contributed by atoms with Crippen LogP contribution in [-0.4, -0.2) is 73.7 Å². The molecule has 0 radical (unpaired) electrons. The van der Waals surface area contributed by atoms with Crippen LogP contribution in [0.1, 0.15) is 26.7 Å². The summed E-state index contributed by atoms with van der Waals surface area (Å²) in [5.41, 5.74) is 0.365. The molecule has 0 saturated carbocycles. The number of hydrogen-bond donors (Lipinski definition) is 1. The fraction of sp³-hybridized carbons (Fsp3) is 0.455. The number of benzene rings is 1. The molecule has 0 amide bonds. The Morgan fingerprint density at radius 1 is 1.06 bits per heavy atom. The first kappa shape index (κ1) is 26.0. The maximum absolute atomic E-state index is 13.5. The van der Waals surface area contributed by atoms with E-state index >= 15 is 0 Å². The summed E-state index contributed by atoms with van der Waals surface area (Å²) in [5.74, 6) is 1.21. The summed E-state index contributed by atoms with van der Waals surface area (Å²) in [4.78, 5) is 0. The SMILES string of the molecule is COc1cccc(OC)c1-n1c(NS(=O)(=O)C2CCCN(S(=O)(=O)C(C)C)C2)nnc1-c1ccco1. The van der Waals surface area contributed by atoms with Crippen LogP contribution in [0.15, 0.2) is 41.0 Å². The number of nitrogens with one attached hydrogen (secondary N) is 1. The quantitative estimate of drug-likeness (QED) is 0.433. The van der Waals surface area contributed by atoms with Gasteiger partial charge < -0.3 is 13.9 Å². The van der Waals surface area contributed by atoms with E-state index in [0.717, 1.165) is 0 Å². The largest absolute Gasteiger partial charge is 0.494 e. The molecule has 3 heterocycles. The molecule has 1 aliphatic rings. The molecule has 2 aromatic heterocycles. The minimum absolute atomic E-state index is 0.118. The van der Waals surface area contributed by atoms with Crippen LogP contribution in [0.3, 0.4) is 0 Å². The Bertz CT molecular complexity index is 1390. The number of furan rings is 1. The molecular weight excluding hydrogens is 510 g/mol. The fourth-order valence-electron chi connectivity index (χ4n) is 4.08. The topological polar surface area (TPSA) is 146 Å². The molecule has 1 N–H and O–H groups in total. The Morgan fingerprint density at radius 2 is 1.75 bits per heavy atom. The Kier molecular flexibility index (Phi) is 7.29. The standard InChI is InChI=1S/C22H29N5O7S2/c1-15(2)36(30,31)26-12-6-8-16(14-26)35(28,29)25-22-24-23-21(19-11-7-13-34-19)27(22)20-17(32-3)9-5-10-18(20)33-4/h5,7,9-11,13,15-16H,6,8,12,14H2,1-4H3,(H,24,25). The average molecular weight is 540 g/mol. The first-order valence-corrected chi connectivity index (χ1v) is 14.4. The summed E-state index contributed by atoms with van der Waals surface area (Å²) >= 11 is 0. The molecule has 1 aliphatic heterocycles. The molecule has 36 heavy (non-hydrogen) atoms. The predicted molar refractivity (Wildman–Crippen MR) is 133 cm³/mol. The molecule has 0 spiro atoms. The van der Waals surface area contributed by atoms with E-state index in [0.29, 0.717) is 35.8 Å². The maximum Gasteiger partial charge on any atom is 0.243 e. The Labute approximate surface area is 210 Å². The summed E-state index contributed by atoms with van der Waals surface area (Å²) in [6.45, 7) is 3.28. The van der Waals surface area contributed by atoms with Crippen molar-refractivity contribution < 1.29 is 30.7 Å². The van der Waals surface area contributed by atoms with E-state index in [9.17, 15) is 16.8 Å². The van der Waals surface area contributed by atoms with Crippen molar-refractivity contribution >= 4 is 26.0 Å². The summed E-state index contributed by atoms with van der Waals surface area (Å²) in [7, 11) is -4.72. The molecule has 196 valence electrons. The van der Waals surface area contributed by atoms with Gasteiger partial charge in [-0.2, -0.15) is 0 Å². The predicted octanol–water partition coefficient (Wildman–Crippen LogP) is 2.49. The zero-order valence-electron chi connectivity index (χ0n) is 20.4. The second kappa shape index (κ2) is 10.1. The zero-order chi connectivity index (χ0) is 26.1. The average Bonchev–Trinajstić information content (AvgIpc) is 3.53. The Balaban J connectivity index is 1.77. The lowest BCUT2D eigenvalue weighted by atomic mass is 10.2. The minimum Gasteiger partial charge on any atom is -0.494 e. The van der Waals surface area contributed by atoms with Crippen molar-refractivity contribution in [3.05, 3.63) is 36.6 Å². The second-order valence-corrected chi connectivity index (χ2v) is 13.0. The van der Waals surface area contributed by atoms with Gasteiger partial charge in [0.05, 0.1) is 31.0 Å². The van der Waals surface area contributed by atoms with E-state index in [4.69, 9.17) is 13.9 Å². The number of nitrogens with zero attached hydrogens (tertiary/aromatic N) is 4. The summed E-state index contributed by atoms with van der Waals surface area (Å²) in [5, 5.41) is 6.64. The minimum atomic E-state index is -4.07. The van der Waals surface area contributed by atoms with Crippen molar-refractivity contribution in [2.24, 2.45) is 0 Å². The number of methoxy groups -OCH3 is 2. The van der Waals surface area contributed by atoms with Crippen LogP contribution in [0.4, 0.5) is 5.95 Å². The van der Waals surface area contributed by atoms with E-state index in [1.807, 2.05) is 0 Å². The van der Waals surface area contributed by atoms with Gasteiger partial charge in [-0.25, -0.2) is 21.1 Å². The van der Waals surface area contributed by atoms with Gasteiger partial charge in [-0.05, 0) is 51.0 Å². The van der Waals surface area contributed by atoms with E-state index in [-0.39, 0.29) is 24.9 Å². The maximum atomic E-state index is 13.5. The first-order chi connectivity index (χ1) is 17.1. The van der Waals surface area contributed by atoms with Crippen molar-refractivity contribution in [3.8, 4) is 28.8 Å². The lowest BCUT2D eigenvalue weighted by molar-refractivity contribution is 0.343. The highest BCUT2D eigenvalue weighted by atomic mass is 32.2. The summed E-state index contributed by atoms with van der Waals surface area (Å²) < 4.78 is 74.1. The van der Waals surface area contributed by atoms with Crippen LogP contribution in [0.25, 0.3) is 17.3 Å². The normalized spacial score (nSPS) is 17.3. The lowest BCUT2D eigenvalue weighted by Gasteiger charge is -2.32. The van der Waals surface area contributed by atoms with Gasteiger partial charge in [0.25, 0.3) is 0 Å². The van der Waals surface area contributed by atoms with Crippen LogP contribution in [-0.2, 0) is 20.0 Å². The van der Waals surface area contributed by atoms with Crippen LogP contribution < -0.4 is 14.2 Å². The number of anilines is 1. The third-order valence-electron chi connectivity index (χ3n) is 6.00. The Hall–Kier alpha value is -3.10. The molecular formula is C22H29N5O7S2. The number of hydrogen-bond acceptors (Lipinski definition) is 9. The van der Waals surface area contributed by atoms with Crippen LogP contribution in [0, 0.1) is 0 Å². The molecule has 12 nitrogen and oxygen atoms in total. The van der Waals surface area contributed by atoms with Gasteiger partial charge in [0.2, 0.25) is 31.8 Å². The molecule has 1 atom stereocenters. The van der Waals surface area contributed by atoms with Crippen LogP contribution in [0.5, 0.6) is 11.5 Å². The number of ether oxygens (including phenoxy) is 2. The van der Waals surface area contributed by atoms with Crippen molar-refractivity contribution in [2.75, 3.05) is 32.0 Å². The first-order valence-electron chi connectivity index (χ1n) is 11.3. The fourth-order valence-corrected chi connectivity index (χ4v) is 6.95. The van der Waals surface area contributed by atoms with Gasteiger partial charge in [0.1, 0.15) is 17.2 Å². The highest BCUT2D eigenvalue weighted by Gasteiger charge is 2.38. The number of aromatic nitrogens is 3. The van der Waals surface area contributed by atoms with Crippen molar-refractivity contribution in [3.63, 3.8) is 0 Å². The van der Waals surface area contributed by atoms with E-state index in [2.05, 4.69) is 14.9 Å². The molecule has 3 aromatic rings. The smallest absolute Gasteiger partial charge is 0.243 e. The number of piperidine rings is 1. The molecule has 1 aromatic carbocycles. The molecule has 1 saturated heterocycles. The third kappa shape index (κ3) is 4.80. The monoisotopic (exact) mass is 539 g/mol. The second-order valence-electron chi connectivity index (χ2n) is 8.53.